The van der Waals surface area contributed by atoms with Gasteiger partial charge in [0.15, 0.2) is 0 Å². The summed E-state index contributed by atoms with van der Waals surface area (Å²) in [4.78, 5) is 25.5. The second-order valence-corrected chi connectivity index (χ2v) is 6.64. The first-order valence-electron chi connectivity index (χ1n) is 8.76. The van der Waals surface area contributed by atoms with Crippen molar-refractivity contribution in [3.8, 4) is 0 Å². The normalized spacial score (nSPS) is 10.3. The molecule has 5 nitrogen and oxygen atoms in total. The minimum absolute atomic E-state index is 0.0908. The molecule has 0 aromatic heterocycles. The molecule has 2 aromatic carbocycles. The van der Waals surface area contributed by atoms with Crippen molar-refractivity contribution < 1.29 is 9.59 Å². The second-order valence-electron chi connectivity index (χ2n) is 6.64. The van der Waals surface area contributed by atoms with Gasteiger partial charge in [-0.1, -0.05) is 24.3 Å². The molecule has 0 saturated carbocycles. The summed E-state index contributed by atoms with van der Waals surface area (Å²) in [5, 5.41) is 6.08. The van der Waals surface area contributed by atoms with Crippen LogP contribution in [0, 0.1) is 13.8 Å². The fourth-order valence-corrected chi connectivity index (χ4v) is 2.57. The van der Waals surface area contributed by atoms with Crippen LogP contribution in [0.1, 0.15) is 23.1 Å². The largest absolute Gasteiger partial charge is 0.376 e. The van der Waals surface area contributed by atoms with Crippen molar-refractivity contribution in [2.45, 2.75) is 26.7 Å². The molecule has 2 rings (SSSR count). The van der Waals surface area contributed by atoms with E-state index >= 15 is 0 Å². The number of aryl methyl sites for hydroxylation is 2. The molecule has 138 valence electrons. The number of carbonyl (C=O) groups excluding carboxylic acids is 2. The summed E-state index contributed by atoms with van der Waals surface area (Å²) in [6.45, 7) is 4.21. The Kier molecular flexibility index (Phi) is 6.78. The van der Waals surface area contributed by atoms with Gasteiger partial charge in [-0.2, -0.15) is 0 Å². The first-order valence-corrected chi connectivity index (χ1v) is 8.76. The van der Waals surface area contributed by atoms with Gasteiger partial charge in [-0.25, -0.2) is 0 Å². The Morgan fingerprint density at radius 2 is 1.77 bits per heavy atom. The topological polar surface area (TPSA) is 61.4 Å². The van der Waals surface area contributed by atoms with Crippen molar-refractivity contribution in [2.24, 2.45) is 0 Å². The maximum atomic E-state index is 12.2. The lowest BCUT2D eigenvalue weighted by Crippen LogP contribution is -2.22. The molecule has 0 aliphatic carbocycles. The number of hydrogen-bond acceptors (Lipinski definition) is 3. The standard InChI is InChI=1S/C21H27N3O2/c1-15-7-5-10-19(16(15)2)23-20(25)14-22-18-9-6-8-17(13-18)11-12-21(26)24(3)4/h5-10,13,22H,11-12,14H2,1-4H3,(H,23,25). The maximum Gasteiger partial charge on any atom is 0.243 e. The van der Waals surface area contributed by atoms with Crippen molar-refractivity contribution in [3.63, 3.8) is 0 Å². The highest BCUT2D eigenvalue weighted by atomic mass is 16.2. The van der Waals surface area contributed by atoms with E-state index in [4.69, 9.17) is 0 Å². The highest BCUT2D eigenvalue weighted by molar-refractivity contribution is 5.94. The van der Waals surface area contributed by atoms with Crippen molar-refractivity contribution in [1.29, 1.82) is 0 Å². The zero-order chi connectivity index (χ0) is 19.1. The first-order chi connectivity index (χ1) is 12.4. The summed E-state index contributed by atoms with van der Waals surface area (Å²) >= 11 is 0. The van der Waals surface area contributed by atoms with Gasteiger partial charge >= 0.3 is 0 Å². The van der Waals surface area contributed by atoms with E-state index in [0.717, 1.165) is 28.1 Å². The number of nitrogens with one attached hydrogen (secondary N) is 2. The zero-order valence-corrected chi connectivity index (χ0v) is 15.9. The van der Waals surface area contributed by atoms with Gasteiger partial charge in [0.1, 0.15) is 0 Å². The summed E-state index contributed by atoms with van der Waals surface area (Å²) in [5.41, 5.74) is 5.01. The lowest BCUT2D eigenvalue weighted by molar-refractivity contribution is -0.128. The van der Waals surface area contributed by atoms with Crippen molar-refractivity contribution >= 4 is 23.2 Å². The van der Waals surface area contributed by atoms with Crippen molar-refractivity contribution in [1.82, 2.24) is 4.90 Å². The molecule has 0 aliphatic rings. The SMILES string of the molecule is Cc1cccc(NC(=O)CNc2cccc(CCC(=O)N(C)C)c2)c1C. The predicted molar refractivity (Wildman–Crippen MR) is 106 cm³/mol. The van der Waals surface area contributed by atoms with E-state index in [0.29, 0.717) is 12.8 Å². The van der Waals surface area contributed by atoms with Gasteiger partial charge in [-0.15, -0.1) is 0 Å². The molecule has 0 radical (unpaired) electrons. The van der Waals surface area contributed by atoms with E-state index in [1.807, 2.05) is 56.3 Å². The van der Waals surface area contributed by atoms with E-state index in [1.165, 1.54) is 0 Å². The Bertz CT molecular complexity index is 785. The van der Waals surface area contributed by atoms with Crippen LogP contribution in [0.3, 0.4) is 0 Å². The molecule has 0 unspecified atom stereocenters. The third kappa shape index (κ3) is 5.62. The van der Waals surface area contributed by atoms with E-state index in [2.05, 4.69) is 10.6 Å². The molecule has 0 aliphatic heterocycles. The van der Waals surface area contributed by atoms with Gasteiger partial charge in [-0.3, -0.25) is 9.59 Å². The molecule has 0 fully saturated rings. The molecule has 0 atom stereocenters. The van der Waals surface area contributed by atoms with Crippen LogP contribution >= 0.6 is 0 Å². The fraction of sp³-hybridized carbons (Fsp3) is 0.333. The van der Waals surface area contributed by atoms with Gasteiger partial charge in [0.25, 0.3) is 0 Å². The van der Waals surface area contributed by atoms with Crippen molar-refractivity contribution in [2.75, 3.05) is 31.3 Å². The number of rotatable bonds is 7. The van der Waals surface area contributed by atoms with Crippen LogP contribution in [-0.2, 0) is 16.0 Å². The average molecular weight is 353 g/mol. The van der Waals surface area contributed by atoms with Crippen molar-refractivity contribution in [3.05, 3.63) is 59.2 Å². The molecule has 0 spiro atoms. The van der Waals surface area contributed by atoms with Crippen LogP contribution < -0.4 is 10.6 Å². The van der Waals surface area contributed by atoms with Crippen LogP contribution in [0.5, 0.6) is 0 Å². The van der Waals surface area contributed by atoms with E-state index in [-0.39, 0.29) is 18.4 Å². The Morgan fingerprint density at radius 3 is 2.50 bits per heavy atom. The number of amides is 2. The quantitative estimate of drug-likeness (QED) is 0.802. The molecule has 2 aromatic rings. The van der Waals surface area contributed by atoms with E-state index < -0.39 is 0 Å². The zero-order valence-electron chi connectivity index (χ0n) is 15.9. The molecule has 2 amide bonds. The highest BCUT2D eigenvalue weighted by Gasteiger charge is 2.07. The van der Waals surface area contributed by atoms with Gasteiger partial charge in [0.05, 0.1) is 6.54 Å². The van der Waals surface area contributed by atoms with Crippen LogP contribution in [0.25, 0.3) is 0 Å². The third-order valence-electron chi connectivity index (χ3n) is 4.39. The van der Waals surface area contributed by atoms with Gasteiger partial charge in [0.2, 0.25) is 11.8 Å². The van der Waals surface area contributed by atoms with Gasteiger partial charge in [0, 0.05) is 31.9 Å². The molecule has 0 saturated heterocycles. The third-order valence-corrected chi connectivity index (χ3v) is 4.39. The number of carbonyl (C=O) groups is 2. The molecular weight excluding hydrogens is 326 g/mol. The number of anilines is 2. The molecular formula is C21H27N3O2. The Labute approximate surface area is 155 Å². The summed E-state index contributed by atoms with van der Waals surface area (Å²) in [6, 6.07) is 13.7. The van der Waals surface area contributed by atoms with Gasteiger partial charge < -0.3 is 15.5 Å². The minimum Gasteiger partial charge on any atom is -0.376 e. The first kappa shape index (κ1) is 19.5. The van der Waals surface area contributed by atoms with E-state index in [1.54, 1.807) is 19.0 Å². The predicted octanol–water partition coefficient (Wildman–Crippen LogP) is 3.37. The molecule has 5 heteroatoms. The summed E-state index contributed by atoms with van der Waals surface area (Å²) < 4.78 is 0. The highest BCUT2D eigenvalue weighted by Crippen LogP contribution is 2.18. The second kappa shape index (κ2) is 9.04. The van der Waals surface area contributed by atoms with E-state index in [9.17, 15) is 9.59 Å². The molecule has 26 heavy (non-hydrogen) atoms. The molecule has 0 heterocycles. The lowest BCUT2D eigenvalue weighted by atomic mass is 10.1. The van der Waals surface area contributed by atoms with Gasteiger partial charge in [-0.05, 0) is 55.2 Å². The monoisotopic (exact) mass is 353 g/mol. The summed E-state index contributed by atoms with van der Waals surface area (Å²) in [6.07, 6.45) is 1.16. The number of benzene rings is 2. The Balaban J connectivity index is 1.89. The average Bonchev–Trinajstić information content (AvgIpc) is 2.62. The van der Waals surface area contributed by atoms with Crippen LogP contribution in [0.15, 0.2) is 42.5 Å². The smallest absolute Gasteiger partial charge is 0.243 e. The summed E-state index contributed by atoms with van der Waals surface area (Å²) in [5.74, 6) is 0.0168. The number of hydrogen-bond donors (Lipinski definition) is 2. The Hall–Kier alpha value is -2.82. The lowest BCUT2D eigenvalue weighted by Gasteiger charge is -2.12. The number of nitrogens with zero attached hydrogens (tertiary/aromatic N) is 1. The van der Waals surface area contributed by atoms with Crippen LogP contribution in [0.2, 0.25) is 0 Å². The van der Waals surface area contributed by atoms with Crippen LogP contribution in [0.4, 0.5) is 11.4 Å². The molecule has 2 N–H and O–H groups in total. The maximum absolute atomic E-state index is 12.2. The van der Waals surface area contributed by atoms with Crippen LogP contribution in [-0.4, -0.2) is 37.4 Å². The summed E-state index contributed by atoms with van der Waals surface area (Å²) in [7, 11) is 3.52. The fourth-order valence-electron chi connectivity index (χ4n) is 2.57. The molecule has 0 bridgehead atoms. The Morgan fingerprint density at radius 1 is 1.04 bits per heavy atom. The minimum atomic E-state index is -0.0908.